The third kappa shape index (κ3) is 2.26. The Bertz CT molecular complexity index is 428. The molecule has 3 rings (SSSR count). The Hall–Kier alpha value is -1.02. The summed E-state index contributed by atoms with van der Waals surface area (Å²) in [5, 5.41) is 10.6. The zero-order chi connectivity index (χ0) is 12.8. The van der Waals surface area contributed by atoms with Crippen LogP contribution in [0, 0.1) is 11.8 Å². The molecule has 18 heavy (non-hydrogen) atoms. The van der Waals surface area contributed by atoms with Crippen LogP contribution in [0.1, 0.15) is 45.1 Å². The maximum Gasteiger partial charge on any atom is 0.120 e. The van der Waals surface area contributed by atoms with Crippen molar-refractivity contribution in [1.29, 1.82) is 0 Å². The van der Waals surface area contributed by atoms with E-state index in [0.717, 1.165) is 24.2 Å². The van der Waals surface area contributed by atoms with Gasteiger partial charge in [-0.3, -0.25) is 0 Å². The number of benzene rings is 1. The molecule has 0 spiro atoms. The lowest BCUT2D eigenvalue weighted by molar-refractivity contribution is -0.0934. The van der Waals surface area contributed by atoms with Crippen LogP contribution in [-0.2, 0) is 5.60 Å². The van der Waals surface area contributed by atoms with Crippen molar-refractivity contribution in [2.24, 2.45) is 11.8 Å². The Morgan fingerprint density at radius 3 is 2.61 bits per heavy atom. The SMILES string of the molecule is CC(C)C1CC(O)(c2cccc(OC3CC3)c2)C1. The van der Waals surface area contributed by atoms with Gasteiger partial charge in [0, 0.05) is 0 Å². The second-order valence-corrected chi connectivity index (χ2v) is 6.29. The highest BCUT2D eigenvalue weighted by molar-refractivity contribution is 5.34. The van der Waals surface area contributed by atoms with Crippen LogP contribution in [0.15, 0.2) is 24.3 Å². The minimum absolute atomic E-state index is 0.416. The highest BCUT2D eigenvalue weighted by Crippen LogP contribution is 2.49. The van der Waals surface area contributed by atoms with E-state index in [1.165, 1.54) is 12.8 Å². The fourth-order valence-electron chi connectivity index (χ4n) is 2.75. The first-order valence-corrected chi connectivity index (χ1v) is 7.06. The van der Waals surface area contributed by atoms with E-state index in [0.29, 0.717) is 17.9 Å². The van der Waals surface area contributed by atoms with E-state index in [9.17, 15) is 5.11 Å². The van der Waals surface area contributed by atoms with Crippen LogP contribution >= 0.6 is 0 Å². The molecule has 0 aromatic heterocycles. The molecule has 2 fully saturated rings. The largest absolute Gasteiger partial charge is 0.490 e. The van der Waals surface area contributed by atoms with Crippen LogP contribution in [-0.4, -0.2) is 11.2 Å². The van der Waals surface area contributed by atoms with Gasteiger partial charge in [-0.05, 0) is 55.2 Å². The first-order chi connectivity index (χ1) is 8.57. The monoisotopic (exact) mass is 246 g/mol. The van der Waals surface area contributed by atoms with Gasteiger partial charge < -0.3 is 9.84 Å². The minimum atomic E-state index is -0.613. The van der Waals surface area contributed by atoms with Gasteiger partial charge in [0.15, 0.2) is 0 Å². The molecule has 1 aromatic rings. The molecule has 0 radical (unpaired) electrons. The fourth-order valence-corrected chi connectivity index (χ4v) is 2.75. The Morgan fingerprint density at radius 1 is 1.28 bits per heavy atom. The molecular weight excluding hydrogens is 224 g/mol. The molecule has 0 heterocycles. The van der Waals surface area contributed by atoms with E-state index in [4.69, 9.17) is 4.74 Å². The van der Waals surface area contributed by atoms with Crippen molar-refractivity contribution >= 4 is 0 Å². The summed E-state index contributed by atoms with van der Waals surface area (Å²) in [5.74, 6) is 2.23. The number of hydrogen-bond acceptors (Lipinski definition) is 2. The third-order valence-corrected chi connectivity index (χ3v) is 4.34. The number of hydrogen-bond donors (Lipinski definition) is 1. The maximum atomic E-state index is 10.6. The van der Waals surface area contributed by atoms with Gasteiger partial charge in [0.2, 0.25) is 0 Å². The van der Waals surface area contributed by atoms with Crippen molar-refractivity contribution < 1.29 is 9.84 Å². The van der Waals surface area contributed by atoms with E-state index in [1.54, 1.807) is 0 Å². The highest BCUT2D eigenvalue weighted by Gasteiger charge is 2.45. The molecule has 0 bridgehead atoms. The van der Waals surface area contributed by atoms with E-state index in [2.05, 4.69) is 13.8 Å². The average Bonchev–Trinajstić information content (AvgIpc) is 3.09. The molecule has 0 amide bonds. The van der Waals surface area contributed by atoms with Crippen molar-refractivity contribution in [2.75, 3.05) is 0 Å². The molecule has 2 aliphatic carbocycles. The van der Waals surface area contributed by atoms with Crippen molar-refractivity contribution in [3.63, 3.8) is 0 Å². The molecule has 0 aliphatic heterocycles. The second kappa shape index (κ2) is 4.27. The molecule has 1 aromatic carbocycles. The average molecular weight is 246 g/mol. The van der Waals surface area contributed by atoms with Crippen LogP contribution in [0.3, 0.4) is 0 Å². The summed E-state index contributed by atoms with van der Waals surface area (Å²) in [4.78, 5) is 0. The summed E-state index contributed by atoms with van der Waals surface area (Å²) in [6.45, 7) is 4.47. The molecule has 98 valence electrons. The van der Waals surface area contributed by atoms with Crippen LogP contribution in [0.4, 0.5) is 0 Å². The first-order valence-electron chi connectivity index (χ1n) is 7.06. The zero-order valence-corrected chi connectivity index (χ0v) is 11.2. The van der Waals surface area contributed by atoms with E-state index >= 15 is 0 Å². The van der Waals surface area contributed by atoms with Crippen molar-refractivity contribution in [3.8, 4) is 5.75 Å². The van der Waals surface area contributed by atoms with E-state index in [1.807, 2.05) is 24.3 Å². The molecule has 0 unspecified atom stereocenters. The smallest absolute Gasteiger partial charge is 0.120 e. The van der Waals surface area contributed by atoms with Crippen molar-refractivity contribution in [2.45, 2.75) is 51.2 Å². The van der Waals surface area contributed by atoms with Crippen LogP contribution in [0.2, 0.25) is 0 Å². The molecule has 2 nitrogen and oxygen atoms in total. The number of aliphatic hydroxyl groups is 1. The van der Waals surface area contributed by atoms with Gasteiger partial charge in [-0.15, -0.1) is 0 Å². The van der Waals surface area contributed by atoms with Gasteiger partial charge in [0.1, 0.15) is 5.75 Å². The van der Waals surface area contributed by atoms with Crippen LogP contribution in [0.5, 0.6) is 5.75 Å². The number of rotatable bonds is 4. The summed E-state index contributed by atoms with van der Waals surface area (Å²) < 4.78 is 5.79. The Balaban J connectivity index is 1.72. The van der Waals surface area contributed by atoms with Gasteiger partial charge in [-0.1, -0.05) is 26.0 Å². The lowest BCUT2D eigenvalue weighted by Gasteiger charge is -2.46. The molecule has 1 N–H and O–H groups in total. The summed E-state index contributed by atoms with van der Waals surface area (Å²) >= 11 is 0. The van der Waals surface area contributed by atoms with Crippen molar-refractivity contribution in [3.05, 3.63) is 29.8 Å². The fraction of sp³-hybridized carbons (Fsp3) is 0.625. The van der Waals surface area contributed by atoms with Gasteiger partial charge in [0.25, 0.3) is 0 Å². The maximum absolute atomic E-state index is 10.6. The predicted octanol–water partition coefficient (Wildman–Crippen LogP) is 3.48. The normalized spacial score (nSPS) is 31.2. The van der Waals surface area contributed by atoms with Gasteiger partial charge in [-0.2, -0.15) is 0 Å². The Kier molecular flexibility index (Phi) is 2.86. The van der Waals surface area contributed by atoms with Crippen LogP contribution in [0.25, 0.3) is 0 Å². The Labute approximate surface area is 109 Å². The zero-order valence-electron chi connectivity index (χ0n) is 11.2. The second-order valence-electron chi connectivity index (χ2n) is 6.29. The standard InChI is InChI=1S/C16H22O2/c1-11(2)12-9-16(17,10-12)13-4-3-5-15(8-13)18-14-6-7-14/h3-5,8,11-12,14,17H,6-7,9-10H2,1-2H3. The van der Waals surface area contributed by atoms with E-state index in [-0.39, 0.29) is 0 Å². The summed E-state index contributed by atoms with van der Waals surface area (Å²) in [5.41, 5.74) is 0.412. The quantitative estimate of drug-likeness (QED) is 0.881. The van der Waals surface area contributed by atoms with Crippen LogP contribution < -0.4 is 4.74 Å². The lowest BCUT2D eigenvalue weighted by atomic mass is 9.63. The van der Waals surface area contributed by atoms with Gasteiger partial charge in [-0.25, -0.2) is 0 Å². The highest BCUT2D eigenvalue weighted by atomic mass is 16.5. The summed E-state index contributed by atoms with van der Waals surface area (Å²) in [6, 6.07) is 8.03. The lowest BCUT2D eigenvalue weighted by Crippen LogP contribution is -2.43. The topological polar surface area (TPSA) is 29.5 Å². The summed E-state index contributed by atoms with van der Waals surface area (Å²) in [6.07, 6.45) is 4.53. The third-order valence-electron chi connectivity index (χ3n) is 4.34. The molecule has 2 aliphatic rings. The Morgan fingerprint density at radius 2 is 2.00 bits per heavy atom. The van der Waals surface area contributed by atoms with Gasteiger partial charge in [0.05, 0.1) is 11.7 Å². The molecule has 0 atom stereocenters. The molecule has 2 saturated carbocycles. The molecular formula is C16H22O2. The van der Waals surface area contributed by atoms with E-state index < -0.39 is 5.60 Å². The molecule has 2 heteroatoms. The number of ether oxygens (including phenoxy) is 1. The first kappa shape index (κ1) is 12.0. The minimum Gasteiger partial charge on any atom is -0.490 e. The van der Waals surface area contributed by atoms with Crippen molar-refractivity contribution in [1.82, 2.24) is 0 Å². The predicted molar refractivity (Wildman–Crippen MR) is 71.6 cm³/mol. The van der Waals surface area contributed by atoms with Gasteiger partial charge >= 0.3 is 0 Å². The summed E-state index contributed by atoms with van der Waals surface area (Å²) in [7, 11) is 0. The molecule has 0 saturated heterocycles.